The van der Waals surface area contributed by atoms with E-state index in [0.29, 0.717) is 24.0 Å². The summed E-state index contributed by atoms with van der Waals surface area (Å²) >= 11 is 0. The highest BCUT2D eigenvalue weighted by Gasteiger charge is 2.15. The third-order valence-electron chi connectivity index (χ3n) is 6.17. The van der Waals surface area contributed by atoms with Crippen LogP contribution < -0.4 is 4.74 Å². The number of aryl methyl sites for hydroxylation is 3. The summed E-state index contributed by atoms with van der Waals surface area (Å²) in [4.78, 5) is 0. The summed E-state index contributed by atoms with van der Waals surface area (Å²) < 4.78 is 48.6. The lowest BCUT2D eigenvalue weighted by atomic mass is 9.97. The van der Waals surface area contributed by atoms with E-state index in [-0.39, 0.29) is 23.7 Å². The fraction of sp³-hybridized carbons (Fsp3) is 0.226. The molecule has 4 rings (SSSR count). The van der Waals surface area contributed by atoms with Crippen molar-refractivity contribution < 1.29 is 17.9 Å². The van der Waals surface area contributed by atoms with E-state index in [1.165, 1.54) is 17.7 Å². The molecule has 0 saturated heterocycles. The van der Waals surface area contributed by atoms with Crippen LogP contribution in [0.25, 0.3) is 22.3 Å². The minimum absolute atomic E-state index is 0.0908. The average molecular weight is 475 g/mol. The molecule has 4 aromatic rings. The number of hydrogen-bond acceptors (Lipinski definition) is 1. The molecule has 0 aliphatic rings. The Labute approximate surface area is 205 Å². The van der Waals surface area contributed by atoms with E-state index >= 15 is 0 Å². The molecule has 4 heteroatoms. The van der Waals surface area contributed by atoms with E-state index in [1.54, 1.807) is 25.1 Å². The molecular formula is C31H29F3O. The van der Waals surface area contributed by atoms with Crippen LogP contribution in [0.1, 0.15) is 37.0 Å². The number of benzene rings is 4. The third kappa shape index (κ3) is 5.76. The van der Waals surface area contributed by atoms with Gasteiger partial charge in [0.15, 0.2) is 11.6 Å². The predicted octanol–water partition coefficient (Wildman–Crippen LogP) is 8.57. The van der Waals surface area contributed by atoms with Crippen molar-refractivity contribution >= 4 is 0 Å². The van der Waals surface area contributed by atoms with Crippen molar-refractivity contribution in [2.45, 2.75) is 39.5 Å². The maximum atomic E-state index is 14.8. The van der Waals surface area contributed by atoms with Crippen molar-refractivity contribution in [3.8, 4) is 28.0 Å². The fourth-order valence-corrected chi connectivity index (χ4v) is 4.23. The quantitative estimate of drug-likeness (QED) is 0.236. The molecule has 0 fully saturated rings. The zero-order valence-corrected chi connectivity index (χ0v) is 20.1. The lowest BCUT2D eigenvalue weighted by Crippen LogP contribution is -1.99. The highest BCUT2D eigenvalue weighted by atomic mass is 19.2. The molecule has 1 nitrogen and oxygen atoms in total. The minimum Gasteiger partial charge on any atom is -0.491 e. The number of halogens is 3. The lowest BCUT2D eigenvalue weighted by Gasteiger charge is -2.10. The van der Waals surface area contributed by atoms with Crippen molar-refractivity contribution in [3.63, 3.8) is 0 Å². The van der Waals surface area contributed by atoms with Gasteiger partial charge in [-0.2, -0.15) is 4.39 Å². The Morgan fingerprint density at radius 1 is 0.600 bits per heavy atom. The second-order valence-electron chi connectivity index (χ2n) is 8.62. The van der Waals surface area contributed by atoms with Gasteiger partial charge in [-0.05, 0) is 77.8 Å². The van der Waals surface area contributed by atoms with Crippen molar-refractivity contribution in [3.05, 3.63) is 113 Å². The number of rotatable bonds is 9. The molecule has 0 bridgehead atoms. The van der Waals surface area contributed by atoms with Crippen LogP contribution in [0, 0.1) is 17.5 Å². The summed E-state index contributed by atoms with van der Waals surface area (Å²) in [5, 5.41) is 0. The molecule has 0 atom stereocenters. The van der Waals surface area contributed by atoms with Gasteiger partial charge < -0.3 is 4.74 Å². The Morgan fingerprint density at radius 2 is 1.23 bits per heavy atom. The van der Waals surface area contributed by atoms with Crippen LogP contribution in [0.4, 0.5) is 13.2 Å². The van der Waals surface area contributed by atoms with Gasteiger partial charge in [-0.1, -0.05) is 74.0 Å². The summed E-state index contributed by atoms with van der Waals surface area (Å²) in [7, 11) is 0. The van der Waals surface area contributed by atoms with Crippen LogP contribution in [-0.4, -0.2) is 6.61 Å². The van der Waals surface area contributed by atoms with Gasteiger partial charge in [0.25, 0.3) is 0 Å². The molecule has 0 unspecified atom stereocenters. The van der Waals surface area contributed by atoms with Crippen molar-refractivity contribution in [2.24, 2.45) is 0 Å². The first-order chi connectivity index (χ1) is 17.0. The summed E-state index contributed by atoms with van der Waals surface area (Å²) in [5.41, 5.74) is 5.56. The van der Waals surface area contributed by atoms with Crippen LogP contribution in [0.5, 0.6) is 5.75 Å². The predicted molar refractivity (Wildman–Crippen MR) is 136 cm³/mol. The van der Waals surface area contributed by atoms with Gasteiger partial charge in [0.1, 0.15) is 5.82 Å². The Kier molecular flexibility index (Phi) is 7.91. The molecule has 0 amide bonds. The summed E-state index contributed by atoms with van der Waals surface area (Å²) in [6.07, 6.45) is 3.33. The third-order valence-corrected chi connectivity index (χ3v) is 6.17. The van der Waals surface area contributed by atoms with Gasteiger partial charge in [0.2, 0.25) is 5.82 Å². The van der Waals surface area contributed by atoms with Crippen LogP contribution in [0.3, 0.4) is 0 Å². The van der Waals surface area contributed by atoms with Gasteiger partial charge in [0.05, 0.1) is 6.61 Å². The topological polar surface area (TPSA) is 9.23 Å². The Bertz CT molecular complexity index is 1280. The molecule has 0 aromatic heterocycles. The standard InChI is InChI=1S/C31H29F3O/c1-3-5-21-6-11-23(12-7-21)26-17-16-25(28(32)20-26)15-10-22-8-13-24(14-9-22)27-18-19-29(35-4-2)31(34)30(27)33/h6-9,11-14,16-20H,3-5,10,15H2,1-2H3. The van der Waals surface area contributed by atoms with Gasteiger partial charge in [-0.25, -0.2) is 8.78 Å². The summed E-state index contributed by atoms with van der Waals surface area (Å²) in [6, 6.07) is 23.9. The molecule has 0 N–H and O–H groups in total. The molecule has 0 saturated carbocycles. The molecule has 0 aliphatic carbocycles. The Balaban J connectivity index is 1.42. The van der Waals surface area contributed by atoms with Crippen LogP contribution in [-0.2, 0) is 19.3 Å². The van der Waals surface area contributed by atoms with Crippen molar-refractivity contribution in [1.29, 1.82) is 0 Å². The molecule has 0 heterocycles. The summed E-state index contributed by atoms with van der Waals surface area (Å²) in [6.45, 7) is 4.13. The van der Waals surface area contributed by atoms with E-state index < -0.39 is 11.6 Å². The molecule has 180 valence electrons. The maximum Gasteiger partial charge on any atom is 0.201 e. The number of hydrogen-bond donors (Lipinski definition) is 0. The van der Waals surface area contributed by atoms with Crippen molar-refractivity contribution in [2.75, 3.05) is 6.61 Å². The fourth-order valence-electron chi connectivity index (χ4n) is 4.23. The van der Waals surface area contributed by atoms with E-state index in [1.807, 2.05) is 36.4 Å². The monoisotopic (exact) mass is 474 g/mol. The molecule has 0 aliphatic heterocycles. The van der Waals surface area contributed by atoms with E-state index in [9.17, 15) is 13.2 Å². The van der Waals surface area contributed by atoms with Gasteiger partial charge in [0, 0.05) is 5.56 Å². The highest BCUT2D eigenvalue weighted by Crippen LogP contribution is 2.30. The van der Waals surface area contributed by atoms with Gasteiger partial charge >= 0.3 is 0 Å². The largest absolute Gasteiger partial charge is 0.491 e. The van der Waals surface area contributed by atoms with Crippen LogP contribution >= 0.6 is 0 Å². The smallest absolute Gasteiger partial charge is 0.201 e. The zero-order valence-electron chi connectivity index (χ0n) is 20.1. The zero-order chi connectivity index (χ0) is 24.8. The van der Waals surface area contributed by atoms with Gasteiger partial charge in [-0.15, -0.1) is 0 Å². The first-order valence-corrected chi connectivity index (χ1v) is 12.1. The second kappa shape index (κ2) is 11.3. The van der Waals surface area contributed by atoms with E-state index in [2.05, 4.69) is 19.1 Å². The van der Waals surface area contributed by atoms with Crippen LogP contribution in [0.2, 0.25) is 0 Å². The molecule has 4 aromatic carbocycles. The average Bonchev–Trinajstić information content (AvgIpc) is 2.87. The molecule has 0 radical (unpaired) electrons. The second-order valence-corrected chi connectivity index (χ2v) is 8.62. The number of ether oxygens (including phenoxy) is 1. The molecule has 35 heavy (non-hydrogen) atoms. The van der Waals surface area contributed by atoms with Crippen molar-refractivity contribution in [1.82, 2.24) is 0 Å². The lowest BCUT2D eigenvalue weighted by molar-refractivity contribution is 0.314. The van der Waals surface area contributed by atoms with Crippen LogP contribution in [0.15, 0.2) is 78.9 Å². The Hall–Kier alpha value is -3.53. The Morgan fingerprint density at radius 3 is 1.86 bits per heavy atom. The van der Waals surface area contributed by atoms with Gasteiger partial charge in [-0.3, -0.25) is 0 Å². The summed E-state index contributed by atoms with van der Waals surface area (Å²) in [5.74, 6) is -2.22. The first kappa shape index (κ1) is 24.6. The maximum absolute atomic E-state index is 14.8. The SMILES string of the molecule is CCCc1ccc(-c2ccc(CCc3ccc(-c4ccc(OCC)c(F)c4F)cc3)c(F)c2)cc1. The van der Waals surface area contributed by atoms with E-state index in [0.717, 1.165) is 29.5 Å². The molecule has 0 spiro atoms. The normalized spacial score (nSPS) is 11.0. The van der Waals surface area contributed by atoms with E-state index in [4.69, 9.17) is 4.74 Å². The molecular weight excluding hydrogens is 445 g/mol. The minimum atomic E-state index is -0.982. The highest BCUT2D eigenvalue weighted by molar-refractivity contribution is 5.66. The first-order valence-electron chi connectivity index (χ1n) is 12.1.